The fourth-order valence-electron chi connectivity index (χ4n) is 3.55. The molecule has 1 aliphatic carbocycles. The van der Waals surface area contributed by atoms with Crippen molar-refractivity contribution < 1.29 is 9.53 Å². The molecule has 1 unspecified atom stereocenters. The molecule has 0 fully saturated rings. The molecule has 0 aromatic carbocycles. The van der Waals surface area contributed by atoms with Gasteiger partial charge in [0, 0.05) is 12.3 Å². The fourth-order valence-corrected chi connectivity index (χ4v) is 3.55. The minimum Gasteiger partial charge on any atom is -0.498 e. The molecular formula is C16H28O2. The molecule has 1 atom stereocenters. The zero-order valence-corrected chi connectivity index (χ0v) is 13.0. The van der Waals surface area contributed by atoms with Crippen molar-refractivity contribution in [3.63, 3.8) is 0 Å². The van der Waals surface area contributed by atoms with E-state index in [1.807, 2.05) is 0 Å². The Labute approximate surface area is 112 Å². The summed E-state index contributed by atoms with van der Waals surface area (Å²) in [5.41, 5.74) is -0.156. The molecule has 1 rings (SSSR count). The molecule has 0 aliphatic heterocycles. The van der Waals surface area contributed by atoms with Crippen LogP contribution >= 0.6 is 0 Å². The lowest BCUT2D eigenvalue weighted by Gasteiger charge is -2.46. The molecule has 0 amide bonds. The standard InChI is InChI=1S/C16H28O2/c1-11(2)10-18-13-8-15(4,5)14(12(3)17)16(6,7)9-13/h8,11,14H,9-10H2,1-7H3. The summed E-state index contributed by atoms with van der Waals surface area (Å²) in [6, 6.07) is 0. The Morgan fingerprint density at radius 2 is 1.94 bits per heavy atom. The van der Waals surface area contributed by atoms with Crippen molar-refractivity contribution in [1.29, 1.82) is 0 Å². The Balaban J connectivity index is 2.97. The Morgan fingerprint density at radius 3 is 2.33 bits per heavy atom. The summed E-state index contributed by atoms with van der Waals surface area (Å²) in [5, 5.41) is 0. The maximum atomic E-state index is 11.9. The van der Waals surface area contributed by atoms with Crippen LogP contribution in [-0.2, 0) is 9.53 Å². The van der Waals surface area contributed by atoms with Crippen LogP contribution in [0.2, 0.25) is 0 Å². The minimum atomic E-state index is -0.125. The second kappa shape index (κ2) is 5.07. The molecule has 0 saturated carbocycles. The third kappa shape index (κ3) is 3.37. The smallest absolute Gasteiger partial charge is 0.134 e. The van der Waals surface area contributed by atoms with Gasteiger partial charge in [-0.3, -0.25) is 4.79 Å². The molecule has 1 aliphatic rings. The number of hydrogen-bond acceptors (Lipinski definition) is 2. The van der Waals surface area contributed by atoms with Crippen LogP contribution in [-0.4, -0.2) is 12.4 Å². The summed E-state index contributed by atoms with van der Waals surface area (Å²) < 4.78 is 5.89. The predicted molar refractivity (Wildman–Crippen MR) is 75.2 cm³/mol. The number of hydrogen-bond donors (Lipinski definition) is 0. The van der Waals surface area contributed by atoms with Crippen LogP contribution in [0.25, 0.3) is 0 Å². The van der Waals surface area contributed by atoms with E-state index >= 15 is 0 Å². The van der Waals surface area contributed by atoms with Crippen molar-refractivity contribution in [3.05, 3.63) is 11.8 Å². The molecule has 2 nitrogen and oxygen atoms in total. The van der Waals surface area contributed by atoms with Gasteiger partial charge in [-0.2, -0.15) is 0 Å². The molecule has 0 bridgehead atoms. The summed E-state index contributed by atoms with van der Waals surface area (Å²) in [7, 11) is 0. The van der Waals surface area contributed by atoms with Gasteiger partial charge >= 0.3 is 0 Å². The van der Waals surface area contributed by atoms with Gasteiger partial charge in [-0.1, -0.05) is 41.5 Å². The zero-order chi connectivity index (χ0) is 14.1. The van der Waals surface area contributed by atoms with Gasteiger partial charge in [0.15, 0.2) is 0 Å². The minimum absolute atomic E-state index is 0.0314. The van der Waals surface area contributed by atoms with Crippen LogP contribution in [0.15, 0.2) is 11.8 Å². The average Bonchev–Trinajstić information content (AvgIpc) is 2.09. The molecule has 0 radical (unpaired) electrons. The third-order valence-electron chi connectivity index (χ3n) is 3.70. The number of Topliss-reactive ketones (excluding diaryl/α,β-unsaturated/α-hetero) is 1. The number of ketones is 1. The van der Waals surface area contributed by atoms with Crippen molar-refractivity contribution in [1.82, 2.24) is 0 Å². The van der Waals surface area contributed by atoms with E-state index in [0.29, 0.717) is 5.92 Å². The van der Waals surface area contributed by atoms with Crippen LogP contribution in [0.1, 0.15) is 54.9 Å². The fraction of sp³-hybridized carbons (Fsp3) is 0.812. The number of carbonyl (C=O) groups excluding carboxylic acids is 1. The van der Waals surface area contributed by atoms with Gasteiger partial charge in [0.05, 0.1) is 12.4 Å². The summed E-state index contributed by atoms with van der Waals surface area (Å²) in [5.74, 6) is 1.93. The van der Waals surface area contributed by atoms with E-state index in [0.717, 1.165) is 18.8 Å². The van der Waals surface area contributed by atoms with E-state index in [2.05, 4.69) is 47.6 Å². The number of allylic oxidation sites excluding steroid dienone is 2. The van der Waals surface area contributed by atoms with Crippen LogP contribution in [0.5, 0.6) is 0 Å². The first-order valence-corrected chi connectivity index (χ1v) is 6.91. The highest BCUT2D eigenvalue weighted by Crippen LogP contribution is 2.50. The topological polar surface area (TPSA) is 26.3 Å². The highest BCUT2D eigenvalue weighted by atomic mass is 16.5. The van der Waals surface area contributed by atoms with Crippen molar-refractivity contribution in [3.8, 4) is 0 Å². The second-order valence-corrected chi connectivity index (χ2v) is 7.35. The van der Waals surface area contributed by atoms with Gasteiger partial charge in [-0.25, -0.2) is 0 Å². The van der Waals surface area contributed by atoms with Crippen molar-refractivity contribution in [2.45, 2.75) is 54.9 Å². The summed E-state index contributed by atoms with van der Waals surface area (Å²) >= 11 is 0. The van der Waals surface area contributed by atoms with Crippen molar-refractivity contribution >= 4 is 5.78 Å². The lowest BCUT2D eigenvalue weighted by Crippen LogP contribution is -2.43. The lowest BCUT2D eigenvalue weighted by molar-refractivity contribution is -0.129. The average molecular weight is 252 g/mol. The molecule has 0 spiro atoms. The molecule has 2 heteroatoms. The van der Waals surface area contributed by atoms with Gasteiger partial charge in [-0.05, 0) is 29.7 Å². The summed E-state index contributed by atoms with van der Waals surface area (Å²) in [6.07, 6.45) is 3.01. The lowest BCUT2D eigenvalue weighted by atomic mass is 9.58. The Kier molecular flexibility index (Phi) is 4.30. The van der Waals surface area contributed by atoms with E-state index in [1.54, 1.807) is 6.92 Å². The normalized spacial score (nSPS) is 25.8. The number of carbonyl (C=O) groups is 1. The first-order valence-electron chi connectivity index (χ1n) is 6.91. The molecule has 0 N–H and O–H groups in total. The molecule has 0 saturated heterocycles. The quantitative estimate of drug-likeness (QED) is 0.749. The number of rotatable bonds is 4. The molecular weight excluding hydrogens is 224 g/mol. The first kappa shape index (κ1) is 15.3. The van der Waals surface area contributed by atoms with E-state index in [1.165, 1.54) is 0 Å². The van der Waals surface area contributed by atoms with Crippen molar-refractivity contribution in [2.24, 2.45) is 22.7 Å². The van der Waals surface area contributed by atoms with Gasteiger partial charge in [0.1, 0.15) is 5.78 Å². The van der Waals surface area contributed by atoms with Crippen LogP contribution < -0.4 is 0 Å². The SMILES string of the molecule is CC(=O)C1C(C)(C)C=C(OCC(C)C)CC1(C)C. The Hall–Kier alpha value is -0.790. The third-order valence-corrected chi connectivity index (χ3v) is 3.70. The van der Waals surface area contributed by atoms with Gasteiger partial charge in [-0.15, -0.1) is 0 Å². The van der Waals surface area contributed by atoms with E-state index in [4.69, 9.17) is 4.74 Å². The highest BCUT2D eigenvalue weighted by molar-refractivity contribution is 5.80. The second-order valence-electron chi connectivity index (χ2n) is 7.35. The first-order chi connectivity index (χ1) is 8.06. The van der Waals surface area contributed by atoms with Crippen molar-refractivity contribution in [2.75, 3.05) is 6.61 Å². The van der Waals surface area contributed by atoms with E-state index < -0.39 is 0 Å². The van der Waals surface area contributed by atoms with Crippen LogP contribution in [0.3, 0.4) is 0 Å². The largest absolute Gasteiger partial charge is 0.498 e. The van der Waals surface area contributed by atoms with E-state index in [-0.39, 0.29) is 22.5 Å². The molecule has 0 aromatic rings. The highest BCUT2D eigenvalue weighted by Gasteiger charge is 2.46. The summed E-state index contributed by atoms with van der Waals surface area (Å²) in [6.45, 7) is 15.4. The molecule has 0 aromatic heterocycles. The van der Waals surface area contributed by atoms with Gasteiger partial charge in [0.2, 0.25) is 0 Å². The maximum absolute atomic E-state index is 11.9. The zero-order valence-electron chi connectivity index (χ0n) is 13.0. The van der Waals surface area contributed by atoms with Crippen LogP contribution in [0, 0.1) is 22.7 Å². The van der Waals surface area contributed by atoms with E-state index in [9.17, 15) is 4.79 Å². The van der Waals surface area contributed by atoms with Gasteiger partial charge < -0.3 is 4.74 Å². The number of ether oxygens (including phenoxy) is 1. The summed E-state index contributed by atoms with van der Waals surface area (Å²) in [4.78, 5) is 11.9. The molecule has 18 heavy (non-hydrogen) atoms. The van der Waals surface area contributed by atoms with Gasteiger partial charge in [0.25, 0.3) is 0 Å². The Morgan fingerprint density at radius 1 is 1.39 bits per heavy atom. The molecule has 0 heterocycles. The maximum Gasteiger partial charge on any atom is 0.134 e. The Bertz CT molecular complexity index is 348. The van der Waals surface area contributed by atoms with Crippen LogP contribution in [0.4, 0.5) is 0 Å². The monoisotopic (exact) mass is 252 g/mol. The predicted octanol–water partition coefficient (Wildman–Crippen LogP) is 4.20. The molecule has 104 valence electrons.